The van der Waals surface area contributed by atoms with Gasteiger partial charge in [-0.15, -0.1) is 0 Å². The summed E-state index contributed by atoms with van der Waals surface area (Å²) >= 11 is 0. The van der Waals surface area contributed by atoms with Gasteiger partial charge in [-0.1, -0.05) is 36.8 Å². The molecule has 2 aromatic carbocycles. The highest BCUT2D eigenvalue weighted by Crippen LogP contribution is 2.57. The maximum atomic E-state index is 6.39. The fourth-order valence-electron chi connectivity index (χ4n) is 4.33. The summed E-state index contributed by atoms with van der Waals surface area (Å²) in [7, 11) is 3.40. The molecule has 0 bridgehead atoms. The summed E-state index contributed by atoms with van der Waals surface area (Å²) < 4.78 is 17.5. The van der Waals surface area contributed by atoms with E-state index in [1.54, 1.807) is 14.2 Å². The molecule has 1 fully saturated rings. The third-order valence-corrected chi connectivity index (χ3v) is 5.34. The molecule has 0 amide bonds. The van der Waals surface area contributed by atoms with Gasteiger partial charge in [0.1, 0.15) is 23.4 Å². The summed E-state index contributed by atoms with van der Waals surface area (Å²) in [6.45, 7) is 0. The Bertz CT molecular complexity index is 710. The summed E-state index contributed by atoms with van der Waals surface area (Å²) in [5.74, 6) is 2.56. The lowest BCUT2D eigenvalue weighted by atomic mass is 9.64. The van der Waals surface area contributed by atoms with Crippen LogP contribution < -0.4 is 14.2 Å². The monoisotopic (exact) mass is 310 g/mol. The summed E-state index contributed by atoms with van der Waals surface area (Å²) in [5.41, 5.74) is 2.41. The molecule has 23 heavy (non-hydrogen) atoms. The Labute approximate surface area is 137 Å². The van der Waals surface area contributed by atoms with Crippen LogP contribution in [-0.2, 0) is 5.41 Å². The van der Waals surface area contributed by atoms with Crippen LogP contribution in [0.2, 0.25) is 0 Å². The Morgan fingerprint density at radius 3 is 2.61 bits per heavy atom. The average Bonchev–Trinajstić information content (AvgIpc) is 2.97. The van der Waals surface area contributed by atoms with Gasteiger partial charge in [-0.3, -0.25) is 0 Å². The lowest BCUT2D eigenvalue weighted by Crippen LogP contribution is -2.42. The largest absolute Gasteiger partial charge is 0.496 e. The van der Waals surface area contributed by atoms with Crippen molar-refractivity contribution in [1.82, 2.24) is 0 Å². The lowest BCUT2D eigenvalue weighted by Gasteiger charge is -2.39. The van der Waals surface area contributed by atoms with Crippen LogP contribution in [0.25, 0.3) is 0 Å². The highest BCUT2D eigenvalue weighted by atomic mass is 16.5. The molecule has 0 saturated heterocycles. The number of benzene rings is 2. The number of methoxy groups -OCH3 is 2. The molecule has 3 nitrogen and oxygen atoms in total. The van der Waals surface area contributed by atoms with E-state index in [0.29, 0.717) is 0 Å². The molecule has 0 unspecified atom stereocenters. The molecule has 120 valence electrons. The number of fused-ring (bicyclic) bond motifs is 3. The van der Waals surface area contributed by atoms with Gasteiger partial charge in [-0.2, -0.15) is 0 Å². The number of hydrogen-bond acceptors (Lipinski definition) is 3. The van der Waals surface area contributed by atoms with E-state index in [2.05, 4.69) is 30.3 Å². The molecule has 1 heterocycles. The molecule has 3 heteroatoms. The fourth-order valence-corrected chi connectivity index (χ4v) is 4.33. The first-order chi connectivity index (χ1) is 11.3. The second kappa shape index (κ2) is 5.48. The topological polar surface area (TPSA) is 27.7 Å². The zero-order chi connectivity index (χ0) is 15.9. The highest BCUT2D eigenvalue weighted by molar-refractivity contribution is 5.62. The van der Waals surface area contributed by atoms with Crippen molar-refractivity contribution in [1.29, 1.82) is 0 Å². The van der Waals surface area contributed by atoms with Crippen molar-refractivity contribution in [2.24, 2.45) is 0 Å². The molecule has 1 aliphatic carbocycles. The molecule has 4 rings (SSSR count). The van der Waals surface area contributed by atoms with Crippen LogP contribution in [0.15, 0.2) is 42.5 Å². The van der Waals surface area contributed by atoms with E-state index >= 15 is 0 Å². The van der Waals surface area contributed by atoms with E-state index in [9.17, 15) is 0 Å². The van der Waals surface area contributed by atoms with Crippen molar-refractivity contribution in [3.63, 3.8) is 0 Å². The number of rotatable bonds is 3. The van der Waals surface area contributed by atoms with E-state index in [1.807, 2.05) is 12.1 Å². The van der Waals surface area contributed by atoms with Gasteiger partial charge in [0, 0.05) is 12.1 Å². The van der Waals surface area contributed by atoms with Gasteiger partial charge in [-0.05, 0) is 24.8 Å². The van der Waals surface area contributed by atoms with Gasteiger partial charge in [0.05, 0.1) is 25.2 Å². The van der Waals surface area contributed by atoms with Crippen LogP contribution in [0.1, 0.15) is 36.8 Å². The van der Waals surface area contributed by atoms with Crippen molar-refractivity contribution in [3.8, 4) is 17.2 Å². The van der Waals surface area contributed by atoms with Gasteiger partial charge in [0.15, 0.2) is 0 Å². The third-order valence-electron chi connectivity index (χ3n) is 5.34. The lowest BCUT2D eigenvalue weighted by molar-refractivity contribution is 0.122. The second-order valence-electron chi connectivity index (χ2n) is 6.39. The molecule has 0 radical (unpaired) electrons. The molecular weight excluding hydrogens is 288 g/mol. The van der Waals surface area contributed by atoms with Gasteiger partial charge in [0.2, 0.25) is 0 Å². The van der Waals surface area contributed by atoms with Crippen LogP contribution >= 0.6 is 0 Å². The smallest absolute Gasteiger partial charge is 0.131 e. The summed E-state index contributed by atoms with van der Waals surface area (Å²) in [4.78, 5) is 0. The Hall–Kier alpha value is -2.16. The SMILES string of the molecule is COc1cc(OC)c2c(c1)O[C@@H]1CCCC[C@]21c1ccccc1. The fraction of sp³-hybridized carbons (Fsp3) is 0.400. The van der Waals surface area contributed by atoms with Crippen molar-refractivity contribution in [3.05, 3.63) is 53.6 Å². The average molecular weight is 310 g/mol. The first kappa shape index (κ1) is 14.4. The highest BCUT2D eigenvalue weighted by Gasteiger charge is 2.53. The minimum Gasteiger partial charge on any atom is -0.496 e. The zero-order valence-electron chi connectivity index (χ0n) is 13.7. The van der Waals surface area contributed by atoms with Crippen LogP contribution in [0.5, 0.6) is 17.2 Å². The molecule has 2 atom stereocenters. The minimum absolute atomic E-state index is 0.105. The maximum Gasteiger partial charge on any atom is 0.131 e. The van der Waals surface area contributed by atoms with Gasteiger partial charge >= 0.3 is 0 Å². The molecule has 0 spiro atoms. The van der Waals surface area contributed by atoms with Crippen LogP contribution in [0.3, 0.4) is 0 Å². The molecule has 1 aliphatic heterocycles. The molecular formula is C20H22O3. The van der Waals surface area contributed by atoms with Crippen LogP contribution in [0, 0.1) is 0 Å². The van der Waals surface area contributed by atoms with Crippen molar-refractivity contribution >= 4 is 0 Å². The number of ether oxygens (including phenoxy) is 3. The molecule has 0 aromatic heterocycles. The summed E-state index contributed by atoms with van der Waals surface area (Å²) in [5, 5.41) is 0. The van der Waals surface area contributed by atoms with E-state index < -0.39 is 0 Å². The second-order valence-corrected chi connectivity index (χ2v) is 6.39. The molecule has 2 aliphatic rings. The van der Waals surface area contributed by atoms with Crippen LogP contribution in [-0.4, -0.2) is 20.3 Å². The number of hydrogen-bond donors (Lipinski definition) is 0. The van der Waals surface area contributed by atoms with Crippen molar-refractivity contribution in [2.75, 3.05) is 14.2 Å². The first-order valence-electron chi connectivity index (χ1n) is 8.28. The normalized spacial score (nSPS) is 25.2. The van der Waals surface area contributed by atoms with Crippen molar-refractivity contribution in [2.45, 2.75) is 37.2 Å². The van der Waals surface area contributed by atoms with Gasteiger partial charge < -0.3 is 14.2 Å². The van der Waals surface area contributed by atoms with E-state index in [0.717, 1.165) is 30.1 Å². The molecule has 1 saturated carbocycles. The maximum absolute atomic E-state index is 6.39. The van der Waals surface area contributed by atoms with Crippen molar-refractivity contribution < 1.29 is 14.2 Å². The summed E-state index contributed by atoms with van der Waals surface area (Å²) in [6.07, 6.45) is 4.78. The Morgan fingerprint density at radius 2 is 1.87 bits per heavy atom. The molecule has 2 aromatic rings. The minimum atomic E-state index is -0.105. The standard InChI is InChI=1S/C20H22O3/c1-21-15-12-16(22-2)19-17(13-15)23-18-10-6-7-11-20(18,19)14-8-4-3-5-9-14/h3-5,8-9,12-13,18H,6-7,10-11H2,1-2H3/t18-,20-/m1/s1. The Morgan fingerprint density at radius 1 is 1.04 bits per heavy atom. The third kappa shape index (κ3) is 2.03. The van der Waals surface area contributed by atoms with E-state index in [1.165, 1.54) is 24.0 Å². The summed E-state index contributed by atoms with van der Waals surface area (Å²) in [6, 6.07) is 14.7. The van der Waals surface area contributed by atoms with Crippen LogP contribution in [0.4, 0.5) is 0 Å². The molecule has 0 N–H and O–H groups in total. The Balaban J connectivity index is 1.97. The van der Waals surface area contributed by atoms with E-state index in [4.69, 9.17) is 14.2 Å². The van der Waals surface area contributed by atoms with Gasteiger partial charge in [-0.25, -0.2) is 0 Å². The Kier molecular flexibility index (Phi) is 3.44. The van der Waals surface area contributed by atoms with Gasteiger partial charge in [0.25, 0.3) is 0 Å². The quantitative estimate of drug-likeness (QED) is 0.845. The first-order valence-corrected chi connectivity index (χ1v) is 8.28. The zero-order valence-corrected chi connectivity index (χ0v) is 13.7. The van der Waals surface area contributed by atoms with E-state index in [-0.39, 0.29) is 11.5 Å². The predicted octanol–water partition coefficient (Wildman–Crippen LogP) is 4.32. The predicted molar refractivity (Wildman–Crippen MR) is 89.7 cm³/mol.